The van der Waals surface area contributed by atoms with Gasteiger partial charge in [0.15, 0.2) is 0 Å². The second kappa shape index (κ2) is 3.92. The Morgan fingerprint density at radius 1 is 1.44 bits per heavy atom. The third-order valence-corrected chi connectivity index (χ3v) is 3.57. The maximum Gasteiger partial charge on any atom is 0.225 e. The van der Waals surface area contributed by atoms with E-state index in [2.05, 4.69) is 9.97 Å². The number of piperidine rings is 1. The van der Waals surface area contributed by atoms with Crippen LogP contribution in [0.4, 0.5) is 0 Å². The van der Waals surface area contributed by atoms with Crippen molar-refractivity contribution in [1.82, 2.24) is 14.9 Å². The molecule has 1 N–H and O–H groups in total. The molecule has 1 aromatic rings. The van der Waals surface area contributed by atoms with Gasteiger partial charge in [0, 0.05) is 37.3 Å². The van der Waals surface area contributed by atoms with E-state index in [1.165, 1.54) is 0 Å². The average Bonchev–Trinajstić information content (AvgIpc) is 3.03. The van der Waals surface area contributed by atoms with E-state index < -0.39 is 0 Å². The minimum Gasteiger partial charge on any atom is -0.348 e. The van der Waals surface area contributed by atoms with E-state index in [1.807, 2.05) is 11.1 Å². The second-order valence-corrected chi connectivity index (χ2v) is 4.87. The molecule has 1 aliphatic carbocycles. The number of nitrogens with zero attached hydrogens (tertiary/aromatic N) is 2. The highest BCUT2D eigenvalue weighted by molar-refractivity contribution is 5.81. The third kappa shape index (κ3) is 1.84. The monoisotopic (exact) mass is 219 g/mol. The van der Waals surface area contributed by atoms with Crippen molar-refractivity contribution in [3.63, 3.8) is 0 Å². The standard InChI is InChI=1S/C12H17N3O/c16-12(9-3-4-9)15-7-1-2-10(8-15)11-13-5-6-14-11/h5-6,9-10H,1-4,7-8H2,(H,13,14). The highest BCUT2D eigenvalue weighted by Gasteiger charge is 2.35. The van der Waals surface area contributed by atoms with E-state index in [1.54, 1.807) is 6.20 Å². The summed E-state index contributed by atoms with van der Waals surface area (Å²) in [5.74, 6) is 2.16. The molecule has 0 radical (unpaired) electrons. The van der Waals surface area contributed by atoms with Gasteiger partial charge in [0.25, 0.3) is 0 Å². The summed E-state index contributed by atoms with van der Waals surface area (Å²) in [5, 5.41) is 0. The van der Waals surface area contributed by atoms with Crippen LogP contribution in [-0.4, -0.2) is 33.9 Å². The molecule has 1 aromatic heterocycles. The number of aromatic amines is 1. The van der Waals surface area contributed by atoms with Gasteiger partial charge in [0.1, 0.15) is 5.82 Å². The Morgan fingerprint density at radius 3 is 3.00 bits per heavy atom. The molecular formula is C12H17N3O. The Kier molecular flexibility index (Phi) is 2.42. The molecule has 3 rings (SSSR count). The van der Waals surface area contributed by atoms with Gasteiger partial charge < -0.3 is 9.88 Å². The van der Waals surface area contributed by atoms with E-state index in [4.69, 9.17) is 0 Å². The van der Waals surface area contributed by atoms with E-state index in [0.717, 1.165) is 44.6 Å². The minimum absolute atomic E-state index is 0.343. The SMILES string of the molecule is O=C(C1CC1)N1CCCC(c2ncc[nH]2)C1. The fourth-order valence-corrected chi connectivity index (χ4v) is 2.49. The molecule has 16 heavy (non-hydrogen) atoms. The van der Waals surface area contributed by atoms with Crippen LogP contribution >= 0.6 is 0 Å². The normalized spacial score (nSPS) is 25.8. The smallest absolute Gasteiger partial charge is 0.225 e. The highest BCUT2D eigenvalue weighted by atomic mass is 16.2. The molecule has 2 aliphatic rings. The van der Waals surface area contributed by atoms with Crippen molar-refractivity contribution >= 4 is 5.91 Å². The van der Waals surface area contributed by atoms with Crippen molar-refractivity contribution < 1.29 is 4.79 Å². The van der Waals surface area contributed by atoms with Crippen molar-refractivity contribution in [3.05, 3.63) is 18.2 Å². The Labute approximate surface area is 95.1 Å². The zero-order valence-corrected chi connectivity index (χ0v) is 9.35. The number of carbonyl (C=O) groups excluding carboxylic acids is 1. The van der Waals surface area contributed by atoms with Crippen LogP contribution in [0.3, 0.4) is 0 Å². The van der Waals surface area contributed by atoms with Gasteiger partial charge in [0.2, 0.25) is 5.91 Å². The topological polar surface area (TPSA) is 49.0 Å². The summed E-state index contributed by atoms with van der Waals surface area (Å²) in [4.78, 5) is 21.5. The molecule has 0 bridgehead atoms. The molecular weight excluding hydrogens is 202 g/mol. The van der Waals surface area contributed by atoms with Gasteiger partial charge in [-0.15, -0.1) is 0 Å². The van der Waals surface area contributed by atoms with Crippen LogP contribution in [0.1, 0.15) is 37.4 Å². The number of hydrogen-bond acceptors (Lipinski definition) is 2. The van der Waals surface area contributed by atoms with Crippen LogP contribution < -0.4 is 0 Å². The molecule has 1 saturated heterocycles. The largest absolute Gasteiger partial charge is 0.348 e. The number of hydrogen-bond donors (Lipinski definition) is 1. The lowest BCUT2D eigenvalue weighted by atomic mass is 9.97. The quantitative estimate of drug-likeness (QED) is 0.820. The van der Waals surface area contributed by atoms with Crippen molar-refractivity contribution in [2.24, 2.45) is 5.92 Å². The first-order valence-electron chi connectivity index (χ1n) is 6.12. The number of carbonyl (C=O) groups is 1. The number of amides is 1. The van der Waals surface area contributed by atoms with Gasteiger partial charge in [-0.1, -0.05) is 0 Å². The van der Waals surface area contributed by atoms with Crippen LogP contribution in [0, 0.1) is 5.92 Å². The molecule has 86 valence electrons. The lowest BCUT2D eigenvalue weighted by Crippen LogP contribution is -2.40. The molecule has 4 heteroatoms. The minimum atomic E-state index is 0.343. The van der Waals surface area contributed by atoms with E-state index in [0.29, 0.717) is 17.7 Å². The molecule has 1 atom stereocenters. The maximum absolute atomic E-state index is 12.0. The molecule has 4 nitrogen and oxygen atoms in total. The first kappa shape index (κ1) is 9.87. The number of rotatable bonds is 2. The number of imidazole rings is 1. The fourth-order valence-electron chi connectivity index (χ4n) is 2.49. The van der Waals surface area contributed by atoms with E-state index >= 15 is 0 Å². The van der Waals surface area contributed by atoms with Crippen molar-refractivity contribution in [2.45, 2.75) is 31.6 Å². The molecule has 0 spiro atoms. The van der Waals surface area contributed by atoms with Crippen LogP contribution in [0.2, 0.25) is 0 Å². The van der Waals surface area contributed by atoms with Crippen LogP contribution in [-0.2, 0) is 4.79 Å². The fraction of sp³-hybridized carbons (Fsp3) is 0.667. The van der Waals surface area contributed by atoms with E-state index in [9.17, 15) is 4.79 Å². The van der Waals surface area contributed by atoms with Crippen LogP contribution in [0.5, 0.6) is 0 Å². The highest BCUT2D eigenvalue weighted by Crippen LogP contribution is 2.33. The molecule has 2 heterocycles. The Hall–Kier alpha value is -1.32. The third-order valence-electron chi connectivity index (χ3n) is 3.57. The molecule has 0 aromatic carbocycles. The van der Waals surface area contributed by atoms with E-state index in [-0.39, 0.29) is 0 Å². The van der Waals surface area contributed by atoms with Gasteiger partial charge in [0.05, 0.1) is 0 Å². The zero-order chi connectivity index (χ0) is 11.0. The number of likely N-dealkylation sites (tertiary alicyclic amines) is 1. The molecule has 2 fully saturated rings. The zero-order valence-electron chi connectivity index (χ0n) is 9.35. The Balaban J connectivity index is 1.67. The lowest BCUT2D eigenvalue weighted by molar-refractivity contribution is -0.133. The number of H-pyrrole nitrogens is 1. The predicted molar refractivity (Wildman–Crippen MR) is 59.9 cm³/mol. The van der Waals surface area contributed by atoms with Gasteiger partial charge in [-0.2, -0.15) is 0 Å². The molecule has 1 unspecified atom stereocenters. The van der Waals surface area contributed by atoms with Gasteiger partial charge >= 0.3 is 0 Å². The van der Waals surface area contributed by atoms with Gasteiger partial charge in [-0.3, -0.25) is 4.79 Å². The lowest BCUT2D eigenvalue weighted by Gasteiger charge is -2.32. The molecule has 1 aliphatic heterocycles. The number of aromatic nitrogens is 2. The summed E-state index contributed by atoms with van der Waals surface area (Å²) in [7, 11) is 0. The summed E-state index contributed by atoms with van der Waals surface area (Å²) in [6.07, 6.45) is 8.08. The first-order chi connectivity index (χ1) is 7.84. The summed E-state index contributed by atoms with van der Waals surface area (Å²) in [5.41, 5.74) is 0. The average molecular weight is 219 g/mol. The Bertz CT molecular complexity index is 370. The first-order valence-corrected chi connectivity index (χ1v) is 6.12. The molecule has 1 saturated carbocycles. The number of nitrogens with one attached hydrogen (secondary N) is 1. The van der Waals surface area contributed by atoms with Gasteiger partial charge in [-0.05, 0) is 25.7 Å². The summed E-state index contributed by atoms with van der Waals surface area (Å²) < 4.78 is 0. The summed E-state index contributed by atoms with van der Waals surface area (Å²) in [6.45, 7) is 1.79. The van der Waals surface area contributed by atoms with Crippen molar-refractivity contribution in [2.75, 3.05) is 13.1 Å². The van der Waals surface area contributed by atoms with Crippen molar-refractivity contribution in [1.29, 1.82) is 0 Å². The van der Waals surface area contributed by atoms with Crippen molar-refractivity contribution in [3.8, 4) is 0 Å². The summed E-state index contributed by atoms with van der Waals surface area (Å²) in [6, 6.07) is 0. The summed E-state index contributed by atoms with van der Waals surface area (Å²) >= 11 is 0. The Morgan fingerprint density at radius 2 is 2.31 bits per heavy atom. The maximum atomic E-state index is 12.0. The van der Waals surface area contributed by atoms with Crippen LogP contribution in [0.25, 0.3) is 0 Å². The van der Waals surface area contributed by atoms with Crippen LogP contribution in [0.15, 0.2) is 12.4 Å². The molecule has 1 amide bonds. The second-order valence-electron chi connectivity index (χ2n) is 4.87. The predicted octanol–water partition coefficient (Wildman–Crippen LogP) is 1.53. The van der Waals surface area contributed by atoms with Gasteiger partial charge in [-0.25, -0.2) is 4.98 Å².